The molecule has 13 heavy (non-hydrogen) atoms. The Balaban J connectivity index is 2.19. The normalized spacial score (nSPS) is 22.5. The van der Waals surface area contributed by atoms with E-state index < -0.39 is 0 Å². The van der Waals surface area contributed by atoms with Crippen molar-refractivity contribution in [1.82, 2.24) is 15.3 Å². The Bertz CT molecular complexity index is 179. The molecule has 0 spiro atoms. The van der Waals surface area contributed by atoms with Gasteiger partial charge in [-0.3, -0.25) is 5.43 Å². The zero-order valence-corrected chi connectivity index (χ0v) is 8.45. The van der Waals surface area contributed by atoms with Gasteiger partial charge >= 0.3 is 0 Å². The first-order valence-corrected chi connectivity index (χ1v) is 4.79. The molecule has 1 saturated heterocycles. The van der Waals surface area contributed by atoms with E-state index in [4.69, 9.17) is 5.26 Å². The molecule has 0 aromatic carbocycles. The lowest BCUT2D eigenvalue weighted by Crippen LogP contribution is -2.53. The summed E-state index contributed by atoms with van der Waals surface area (Å²) in [5.74, 6) is 0. The Morgan fingerprint density at radius 1 is 1.38 bits per heavy atom. The van der Waals surface area contributed by atoms with Crippen LogP contribution >= 0.6 is 0 Å². The smallest absolute Gasteiger partial charge is 0.0638 e. The third-order valence-corrected chi connectivity index (χ3v) is 2.30. The fourth-order valence-electron chi connectivity index (χ4n) is 1.43. The summed E-state index contributed by atoms with van der Waals surface area (Å²) in [7, 11) is 2.13. The van der Waals surface area contributed by atoms with Crippen LogP contribution in [0.5, 0.6) is 0 Å². The fraction of sp³-hybridized carbons (Fsp3) is 0.889. The molecule has 1 atom stereocenters. The SMILES string of the molecule is CC(CC#N)NN1CCN(C)CC1. The van der Waals surface area contributed by atoms with Gasteiger partial charge in [-0.15, -0.1) is 0 Å². The first kappa shape index (κ1) is 10.5. The minimum atomic E-state index is 0.272. The molecule has 74 valence electrons. The Morgan fingerprint density at radius 2 is 2.00 bits per heavy atom. The summed E-state index contributed by atoms with van der Waals surface area (Å²) >= 11 is 0. The van der Waals surface area contributed by atoms with Gasteiger partial charge < -0.3 is 4.90 Å². The molecular weight excluding hydrogens is 164 g/mol. The van der Waals surface area contributed by atoms with Crippen molar-refractivity contribution in [2.75, 3.05) is 33.2 Å². The molecule has 0 amide bonds. The quantitative estimate of drug-likeness (QED) is 0.669. The molecule has 1 heterocycles. The molecule has 0 bridgehead atoms. The van der Waals surface area contributed by atoms with E-state index in [9.17, 15) is 0 Å². The van der Waals surface area contributed by atoms with Gasteiger partial charge in [-0.2, -0.15) is 5.26 Å². The van der Waals surface area contributed by atoms with E-state index in [0.717, 1.165) is 26.2 Å². The Hall–Kier alpha value is -0.630. The zero-order chi connectivity index (χ0) is 9.68. The predicted octanol–water partition coefficient (Wildman–Crippen LogP) is 0.0406. The van der Waals surface area contributed by atoms with Gasteiger partial charge in [-0.1, -0.05) is 0 Å². The number of hydrogen-bond donors (Lipinski definition) is 1. The average molecular weight is 182 g/mol. The van der Waals surface area contributed by atoms with Crippen LogP contribution in [0.1, 0.15) is 13.3 Å². The van der Waals surface area contributed by atoms with E-state index in [2.05, 4.69) is 28.5 Å². The first-order valence-electron chi connectivity index (χ1n) is 4.79. The number of likely N-dealkylation sites (N-methyl/N-ethyl adjacent to an activating group) is 1. The molecule has 1 aliphatic rings. The number of piperazine rings is 1. The Kier molecular flexibility index (Phi) is 4.16. The van der Waals surface area contributed by atoms with Crippen LogP contribution in [0.25, 0.3) is 0 Å². The maximum atomic E-state index is 8.49. The molecule has 4 heteroatoms. The molecule has 0 radical (unpaired) electrons. The van der Waals surface area contributed by atoms with Gasteiger partial charge in [-0.25, -0.2) is 5.01 Å². The summed E-state index contributed by atoms with van der Waals surface area (Å²) in [4.78, 5) is 2.31. The third-order valence-electron chi connectivity index (χ3n) is 2.30. The van der Waals surface area contributed by atoms with Crippen LogP contribution < -0.4 is 5.43 Å². The van der Waals surface area contributed by atoms with Crippen molar-refractivity contribution in [1.29, 1.82) is 5.26 Å². The molecule has 1 rings (SSSR count). The second kappa shape index (κ2) is 5.18. The van der Waals surface area contributed by atoms with Crippen molar-refractivity contribution in [3.63, 3.8) is 0 Å². The van der Waals surface area contributed by atoms with Crippen molar-refractivity contribution in [2.24, 2.45) is 0 Å². The Labute approximate surface area is 80.1 Å². The van der Waals surface area contributed by atoms with Crippen LogP contribution in [0.15, 0.2) is 0 Å². The van der Waals surface area contributed by atoms with Crippen LogP contribution in [0, 0.1) is 11.3 Å². The third kappa shape index (κ3) is 3.73. The summed E-state index contributed by atoms with van der Waals surface area (Å²) < 4.78 is 0. The van der Waals surface area contributed by atoms with Crippen molar-refractivity contribution >= 4 is 0 Å². The number of nitrogens with one attached hydrogen (secondary N) is 1. The van der Waals surface area contributed by atoms with Gasteiger partial charge in [0.15, 0.2) is 0 Å². The van der Waals surface area contributed by atoms with Crippen LogP contribution in [-0.4, -0.2) is 49.2 Å². The molecule has 1 fully saturated rings. The molecule has 0 aliphatic carbocycles. The zero-order valence-electron chi connectivity index (χ0n) is 8.45. The fourth-order valence-corrected chi connectivity index (χ4v) is 1.43. The van der Waals surface area contributed by atoms with E-state index >= 15 is 0 Å². The molecule has 4 nitrogen and oxygen atoms in total. The molecule has 0 saturated carbocycles. The largest absolute Gasteiger partial charge is 0.304 e. The maximum absolute atomic E-state index is 8.49. The first-order chi connectivity index (χ1) is 6.22. The average Bonchev–Trinajstić information content (AvgIpc) is 2.09. The molecular formula is C9H18N4. The lowest BCUT2D eigenvalue weighted by atomic mass is 10.3. The van der Waals surface area contributed by atoms with E-state index in [-0.39, 0.29) is 6.04 Å². The number of hydrazine groups is 1. The highest BCUT2D eigenvalue weighted by Gasteiger charge is 2.14. The second-order valence-electron chi connectivity index (χ2n) is 3.68. The van der Waals surface area contributed by atoms with Gasteiger partial charge in [0.05, 0.1) is 12.5 Å². The van der Waals surface area contributed by atoms with Crippen molar-refractivity contribution in [3.05, 3.63) is 0 Å². The summed E-state index contributed by atoms with van der Waals surface area (Å²) in [6.45, 7) is 6.35. The van der Waals surface area contributed by atoms with Crippen LogP contribution in [0.3, 0.4) is 0 Å². The highest BCUT2D eigenvalue weighted by atomic mass is 15.5. The molecule has 0 aromatic rings. The molecule has 1 aliphatic heterocycles. The van der Waals surface area contributed by atoms with Crippen LogP contribution in [-0.2, 0) is 0 Å². The van der Waals surface area contributed by atoms with Crippen molar-refractivity contribution in [2.45, 2.75) is 19.4 Å². The number of nitriles is 1. The summed E-state index contributed by atoms with van der Waals surface area (Å²) in [5, 5.41) is 10.7. The number of hydrogen-bond acceptors (Lipinski definition) is 4. The van der Waals surface area contributed by atoms with E-state index in [1.54, 1.807) is 0 Å². The highest BCUT2D eigenvalue weighted by molar-refractivity contribution is 4.77. The van der Waals surface area contributed by atoms with Crippen LogP contribution in [0.2, 0.25) is 0 Å². The monoisotopic (exact) mass is 182 g/mol. The highest BCUT2D eigenvalue weighted by Crippen LogP contribution is 1.98. The van der Waals surface area contributed by atoms with Gasteiger partial charge in [0.25, 0.3) is 0 Å². The van der Waals surface area contributed by atoms with E-state index in [1.165, 1.54) is 0 Å². The van der Waals surface area contributed by atoms with Crippen LogP contribution in [0.4, 0.5) is 0 Å². The van der Waals surface area contributed by atoms with Gasteiger partial charge in [0, 0.05) is 32.2 Å². The Morgan fingerprint density at radius 3 is 2.54 bits per heavy atom. The van der Waals surface area contributed by atoms with E-state index in [0.29, 0.717) is 6.42 Å². The molecule has 0 aromatic heterocycles. The van der Waals surface area contributed by atoms with Gasteiger partial charge in [-0.05, 0) is 14.0 Å². The minimum Gasteiger partial charge on any atom is -0.304 e. The molecule has 1 unspecified atom stereocenters. The van der Waals surface area contributed by atoms with Crippen molar-refractivity contribution in [3.8, 4) is 6.07 Å². The predicted molar refractivity (Wildman–Crippen MR) is 51.9 cm³/mol. The molecule has 1 N–H and O–H groups in total. The number of rotatable bonds is 3. The lowest BCUT2D eigenvalue weighted by Gasteiger charge is -2.34. The summed E-state index contributed by atoms with van der Waals surface area (Å²) in [5.41, 5.74) is 3.32. The van der Waals surface area contributed by atoms with Gasteiger partial charge in [0.2, 0.25) is 0 Å². The summed E-state index contributed by atoms with van der Waals surface area (Å²) in [6, 6.07) is 2.44. The minimum absolute atomic E-state index is 0.272. The van der Waals surface area contributed by atoms with Crippen molar-refractivity contribution < 1.29 is 0 Å². The van der Waals surface area contributed by atoms with E-state index in [1.807, 2.05) is 6.92 Å². The lowest BCUT2D eigenvalue weighted by molar-refractivity contribution is 0.0906. The topological polar surface area (TPSA) is 42.3 Å². The number of nitrogens with zero attached hydrogens (tertiary/aromatic N) is 3. The second-order valence-corrected chi connectivity index (χ2v) is 3.68. The standard InChI is InChI=1S/C9H18N4/c1-9(3-4-10)11-13-7-5-12(2)6-8-13/h9,11H,3,5-8H2,1-2H3. The van der Waals surface area contributed by atoms with Gasteiger partial charge in [0.1, 0.15) is 0 Å². The maximum Gasteiger partial charge on any atom is 0.0638 e. The summed E-state index contributed by atoms with van der Waals surface area (Å²) in [6.07, 6.45) is 0.576.